The third kappa shape index (κ3) is 34.8. The fourth-order valence-corrected chi connectivity index (χ4v) is 10.9. The number of aliphatic hydroxyl groups is 8. The van der Waals surface area contributed by atoms with Crippen molar-refractivity contribution in [3.63, 3.8) is 0 Å². The van der Waals surface area contributed by atoms with Crippen molar-refractivity contribution in [3.05, 3.63) is 24.3 Å². The Kier molecular flexibility index (Phi) is 46.5. The Morgan fingerprint density at radius 2 is 0.821 bits per heavy atom. The molecule has 78 heavy (non-hydrogen) atoms. The smallest absolute Gasteiger partial charge is 0.220 e. The minimum atomic E-state index is -1.79. The van der Waals surface area contributed by atoms with Crippen LogP contribution in [0.4, 0.5) is 0 Å². The fraction of sp³-hybridized carbons (Fsp3) is 0.922. The average Bonchev–Trinajstić information content (AvgIpc) is 3.45. The summed E-state index contributed by atoms with van der Waals surface area (Å²) in [4.78, 5) is 13.2. The standard InChI is InChI=1S/C64H121NO13/c1-3-5-7-9-11-13-15-16-17-18-19-20-21-22-23-24-25-26-27-28-29-30-31-32-33-34-35-36-37-38-40-42-44-46-48-56(69)65-52(53(68)47-45-43-41-39-14-12-10-8-6-4-2)51-75-63-61(74)59(72)62(55(50-67)77-63)78-64-60(73)58(71)57(70)54(49-66)76-64/h14,39,45,47,52-55,57-64,66-68,70-74H,3-13,15-38,40-44,46,48-51H2,1-2H3,(H,65,69)/b39-14+,47-45+. The molecule has 2 aliphatic heterocycles. The van der Waals surface area contributed by atoms with Gasteiger partial charge in [0.15, 0.2) is 12.6 Å². The number of nitrogens with one attached hydrogen (secondary N) is 1. The molecule has 0 radical (unpaired) electrons. The van der Waals surface area contributed by atoms with E-state index in [-0.39, 0.29) is 18.9 Å². The van der Waals surface area contributed by atoms with Gasteiger partial charge in [-0.05, 0) is 32.1 Å². The summed E-state index contributed by atoms with van der Waals surface area (Å²) in [7, 11) is 0. The Morgan fingerprint density at radius 1 is 0.449 bits per heavy atom. The molecule has 0 aromatic carbocycles. The molecule has 2 saturated heterocycles. The third-order valence-electron chi connectivity index (χ3n) is 16.1. The number of rotatable bonds is 53. The van der Waals surface area contributed by atoms with Crippen LogP contribution in [0.15, 0.2) is 24.3 Å². The van der Waals surface area contributed by atoms with Crippen LogP contribution in [-0.4, -0.2) is 140 Å². The second-order valence-electron chi connectivity index (χ2n) is 23.2. The highest BCUT2D eigenvalue weighted by Crippen LogP contribution is 2.30. The van der Waals surface area contributed by atoms with Crippen LogP contribution in [0.3, 0.4) is 0 Å². The van der Waals surface area contributed by atoms with E-state index in [1.165, 1.54) is 218 Å². The van der Waals surface area contributed by atoms with Gasteiger partial charge in [-0.2, -0.15) is 0 Å². The lowest BCUT2D eigenvalue weighted by Crippen LogP contribution is -2.65. The molecule has 0 bridgehead atoms. The highest BCUT2D eigenvalue weighted by Gasteiger charge is 2.51. The SMILES string of the molecule is CCCCCC/C=C/CC/C=C/C(O)C(COC1OC(CO)C(OC2OC(CO)C(O)C(O)C2O)C(O)C1O)NC(=O)CCCCCCCCCCCCCCCCCCCCCCCCCCCCCCCCCCCC. The molecule has 0 saturated carbocycles. The molecule has 0 aromatic rings. The molecular formula is C64H121NO13. The summed E-state index contributed by atoms with van der Waals surface area (Å²) in [6.07, 6.45) is 44.3. The first-order chi connectivity index (χ1) is 38.1. The highest BCUT2D eigenvalue weighted by atomic mass is 16.7. The zero-order valence-corrected chi connectivity index (χ0v) is 49.7. The van der Waals surface area contributed by atoms with E-state index in [0.29, 0.717) is 12.8 Å². The van der Waals surface area contributed by atoms with E-state index in [4.69, 9.17) is 18.9 Å². The van der Waals surface area contributed by atoms with E-state index < -0.39 is 86.8 Å². The van der Waals surface area contributed by atoms with Gasteiger partial charge in [-0.25, -0.2) is 0 Å². The number of aliphatic hydroxyl groups excluding tert-OH is 8. The van der Waals surface area contributed by atoms with Gasteiger partial charge in [0.2, 0.25) is 5.91 Å². The molecule has 12 unspecified atom stereocenters. The van der Waals surface area contributed by atoms with Crippen LogP contribution in [-0.2, 0) is 23.7 Å². The lowest BCUT2D eigenvalue weighted by molar-refractivity contribution is -0.359. The lowest BCUT2D eigenvalue weighted by atomic mass is 9.97. The van der Waals surface area contributed by atoms with Crippen LogP contribution < -0.4 is 5.32 Å². The first-order valence-electron chi connectivity index (χ1n) is 32.6. The molecule has 9 N–H and O–H groups in total. The molecule has 2 aliphatic rings. The van der Waals surface area contributed by atoms with Crippen LogP contribution in [0, 0.1) is 0 Å². The van der Waals surface area contributed by atoms with Gasteiger partial charge in [0, 0.05) is 6.42 Å². The molecule has 0 aliphatic carbocycles. The van der Waals surface area contributed by atoms with Crippen molar-refractivity contribution in [1.29, 1.82) is 0 Å². The molecule has 14 nitrogen and oxygen atoms in total. The number of hydrogen-bond acceptors (Lipinski definition) is 13. The zero-order chi connectivity index (χ0) is 56.7. The summed E-state index contributed by atoms with van der Waals surface area (Å²) in [5.41, 5.74) is 0. The highest BCUT2D eigenvalue weighted by molar-refractivity contribution is 5.76. The van der Waals surface area contributed by atoms with Gasteiger partial charge < -0.3 is 65.1 Å². The third-order valence-corrected chi connectivity index (χ3v) is 16.1. The number of unbranched alkanes of at least 4 members (excludes halogenated alkanes) is 38. The molecule has 2 rings (SSSR count). The van der Waals surface area contributed by atoms with E-state index >= 15 is 0 Å². The van der Waals surface area contributed by atoms with Crippen molar-refractivity contribution in [2.75, 3.05) is 19.8 Å². The lowest BCUT2D eigenvalue weighted by Gasteiger charge is -2.46. The van der Waals surface area contributed by atoms with Crippen molar-refractivity contribution in [2.45, 2.75) is 357 Å². The maximum absolute atomic E-state index is 13.2. The predicted molar refractivity (Wildman–Crippen MR) is 314 cm³/mol. The molecule has 0 spiro atoms. The Morgan fingerprint density at radius 3 is 1.26 bits per heavy atom. The van der Waals surface area contributed by atoms with Gasteiger partial charge in [-0.1, -0.05) is 269 Å². The molecule has 1 amide bonds. The maximum atomic E-state index is 13.2. The summed E-state index contributed by atoms with van der Waals surface area (Å²) < 4.78 is 22.7. The molecular weight excluding hydrogens is 991 g/mol. The van der Waals surface area contributed by atoms with Crippen molar-refractivity contribution in [2.24, 2.45) is 0 Å². The summed E-state index contributed by atoms with van der Waals surface area (Å²) in [5.74, 6) is -0.246. The van der Waals surface area contributed by atoms with Gasteiger partial charge in [0.25, 0.3) is 0 Å². The number of ether oxygens (including phenoxy) is 4. The fourth-order valence-electron chi connectivity index (χ4n) is 10.9. The van der Waals surface area contributed by atoms with Crippen molar-refractivity contribution in [1.82, 2.24) is 5.32 Å². The van der Waals surface area contributed by atoms with Gasteiger partial charge in [-0.15, -0.1) is 0 Å². The van der Waals surface area contributed by atoms with Crippen LogP contribution in [0.1, 0.15) is 284 Å². The van der Waals surface area contributed by atoms with Crippen molar-refractivity contribution < 1.29 is 64.6 Å². The van der Waals surface area contributed by atoms with Crippen molar-refractivity contribution >= 4 is 5.91 Å². The van der Waals surface area contributed by atoms with Crippen LogP contribution in [0.25, 0.3) is 0 Å². The monoisotopic (exact) mass is 1110 g/mol. The second kappa shape index (κ2) is 50.0. The maximum Gasteiger partial charge on any atom is 0.220 e. The van der Waals surface area contributed by atoms with Crippen LogP contribution in [0.5, 0.6) is 0 Å². The zero-order valence-electron chi connectivity index (χ0n) is 49.7. The van der Waals surface area contributed by atoms with Crippen LogP contribution >= 0.6 is 0 Å². The average molecular weight is 1110 g/mol. The number of hydrogen-bond donors (Lipinski definition) is 9. The molecule has 14 heteroatoms. The van der Waals surface area contributed by atoms with Crippen LogP contribution in [0.2, 0.25) is 0 Å². The van der Waals surface area contributed by atoms with Crippen molar-refractivity contribution in [3.8, 4) is 0 Å². The Labute approximate surface area is 475 Å². The molecule has 12 atom stereocenters. The number of allylic oxidation sites excluding steroid dienone is 3. The first-order valence-corrected chi connectivity index (χ1v) is 32.6. The first kappa shape index (κ1) is 72.6. The van der Waals surface area contributed by atoms with E-state index in [0.717, 1.165) is 32.1 Å². The Bertz CT molecular complexity index is 1400. The summed E-state index contributed by atoms with van der Waals surface area (Å²) >= 11 is 0. The van der Waals surface area contributed by atoms with E-state index in [2.05, 4.69) is 31.3 Å². The summed E-state index contributed by atoms with van der Waals surface area (Å²) in [6, 6.07) is -0.926. The number of carbonyl (C=O) groups excluding carboxylic acids is 1. The van der Waals surface area contributed by atoms with Gasteiger partial charge in [0.1, 0.15) is 48.8 Å². The largest absolute Gasteiger partial charge is 0.394 e. The normalized spacial score (nSPS) is 24.6. The molecule has 2 heterocycles. The van der Waals surface area contributed by atoms with Gasteiger partial charge >= 0.3 is 0 Å². The molecule has 2 fully saturated rings. The topological polar surface area (TPSA) is 228 Å². The minimum Gasteiger partial charge on any atom is -0.394 e. The minimum absolute atomic E-state index is 0.246. The van der Waals surface area contributed by atoms with Gasteiger partial charge in [0.05, 0.1) is 32.0 Å². The quantitative estimate of drug-likeness (QED) is 0.0204. The Hall–Kier alpha value is -1.53. The summed E-state index contributed by atoms with van der Waals surface area (Å²) in [6.45, 7) is 2.76. The molecule has 0 aromatic heterocycles. The van der Waals surface area contributed by atoms with Gasteiger partial charge in [-0.3, -0.25) is 4.79 Å². The van der Waals surface area contributed by atoms with E-state index in [1.807, 2.05) is 6.08 Å². The number of amides is 1. The Balaban J connectivity index is 1.57. The number of carbonyl (C=O) groups is 1. The van der Waals surface area contributed by atoms with E-state index in [9.17, 15) is 45.6 Å². The second-order valence-corrected chi connectivity index (χ2v) is 23.2. The molecule has 460 valence electrons. The van der Waals surface area contributed by atoms with E-state index in [1.54, 1.807) is 6.08 Å². The summed E-state index contributed by atoms with van der Waals surface area (Å²) in [5, 5.41) is 86.9. The predicted octanol–water partition coefficient (Wildman–Crippen LogP) is 12.0.